The Hall–Kier alpha value is 2.37. The third-order valence-corrected chi connectivity index (χ3v) is 3.71. The molecule has 0 N–H and O–H groups in total. The van der Waals surface area contributed by atoms with E-state index in [1.807, 2.05) is 6.92 Å². The summed E-state index contributed by atoms with van der Waals surface area (Å²) >= 11 is -3.00. The summed E-state index contributed by atoms with van der Waals surface area (Å²) in [4.78, 5) is 0. The predicted octanol–water partition coefficient (Wildman–Crippen LogP) is -5.48. The quantitative estimate of drug-likeness (QED) is 0.426. The number of rotatable bonds is 5. The maximum Gasteiger partial charge on any atom is 1.00 e. The van der Waals surface area contributed by atoms with Gasteiger partial charge in [0.05, 0.1) is 0 Å². The zero-order chi connectivity index (χ0) is 8.04. The summed E-state index contributed by atoms with van der Waals surface area (Å²) in [6.45, 7) is 2.41. The molecule has 12 heavy (non-hydrogen) atoms. The second-order valence-corrected chi connectivity index (χ2v) is 4.64. The van der Waals surface area contributed by atoms with Crippen LogP contribution in [0.25, 0.3) is 0 Å². The predicted molar refractivity (Wildman–Crippen MR) is 39.5 cm³/mol. The van der Waals surface area contributed by atoms with Crippen LogP contribution in [0.2, 0.25) is 0 Å². The van der Waals surface area contributed by atoms with Gasteiger partial charge in [-0.25, -0.2) is 0 Å². The third kappa shape index (κ3) is 6.77. The standard InChI is InChI=1S/C2H5O.3CH3O.Al.2Na.H/c1-2-3;3*1-2;;;;/h2H2,1H3;3*1H3;;;;/q4*-1;+3;2*+1;-1. The third-order valence-electron chi connectivity index (χ3n) is 1.24. The summed E-state index contributed by atoms with van der Waals surface area (Å²) < 4.78 is 20.1. The van der Waals surface area contributed by atoms with Gasteiger partial charge in [-0.1, -0.05) is 0 Å². The van der Waals surface area contributed by atoms with Crippen LogP contribution in [0.3, 0.4) is 0 Å². The van der Waals surface area contributed by atoms with Gasteiger partial charge in [-0.05, 0) is 34.9 Å². The van der Waals surface area contributed by atoms with E-state index in [0.29, 0.717) is 6.61 Å². The van der Waals surface area contributed by atoms with Gasteiger partial charge in [-0.15, -0.1) is 0 Å². The van der Waals surface area contributed by atoms with Crippen LogP contribution in [0.1, 0.15) is 8.35 Å². The molecule has 0 saturated carbocycles. The van der Waals surface area contributed by atoms with Crippen LogP contribution in [0.5, 0.6) is 0 Å². The molecule has 0 heterocycles. The van der Waals surface area contributed by atoms with Crippen molar-refractivity contribution in [3.8, 4) is 0 Å². The van der Waals surface area contributed by atoms with Crippen LogP contribution < -0.4 is 59.1 Å². The van der Waals surface area contributed by atoms with Crippen molar-refractivity contribution < 1.29 is 75.7 Å². The molecular formula is C5H15AlNa2O4. The Morgan fingerprint density at radius 3 is 1.42 bits per heavy atom. The van der Waals surface area contributed by atoms with Crippen LogP contribution in [0.4, 0.5) is 0 Å². The van der Waals surface area contributed by atoms with Crippen molar-refractivity contribution in [2.75, 3.05) is 27.9 Å². The van der Waals surface area contributed by atoms with E-state index in [-0.39, 0.29) is 60.5 Å². The largest absolute Gasteiger partial charge is 1.00 e. The van der Waals surface area contributed by atoms with E-state index in [1.165, 1.54) is 21.3 Å². The summed E-state index contributed by atoms with van der Waals surface area (Å²) in [7, 11) is 4.56. The molecule has 7 heteroatoms. The van der Waals surface area contributed by atoms with Crippen molar-refractivity contribution in [2.45, 2.75) is 6.92 Å². The fourth-order valence-corrected chi connectivity index (χ4v) is 2.09. The van der Waals surface area contributed by atoms with E-state index in [2.05, 4.69) is 0 Å². The smallest absolute Gasteiger partial charge is 1.00 e. The van der Waals surface area contributed by atoms with Gasteiger partial charge in [0.1, 0.15) is 0 Å². The van der Waals surface area contributed by atoms with Crippen molar-refractivity contribution in [2.24, 2.45) is 0 Å². The molecule has 4 nitrogen and oxygen atoms in total. The molecule has 0 aliphatic heterocycles. The fraction of sp³-hybridized carbons (Fsp3) is 1.00. The first-order valence-corrected chi connectivity index (χ1v) is 5.05. The van der Waals surface area contributed by atoms with Gasteiger partial charge in [0, 0.05) is 0 Å². The Kier molecular flexibility index (Phi) is 19.0. The zero-order valence-corrected chi connectivity index (χ0v) is 14.1. The van der Waals surface area contributed by atoms with Gasteiger partial charge < -0.3 is 16.6 Å². The number of hydrogen-bond acceptors (Lipinski definition) is 4. The Bertz CT molecular complexity index is 88.3. The van der Waals surface area contributed by atoms with Crippen LogP contribution >= 0.6 is 0 Å². The summed E-state index contributed by atoms with van der Waals surface area (Å²) in [5.74, 6) is 0. The van der Waals surface area contributed by atoms with E-state index in [9.17, 15) is 0 Å². The molecule has 64 valence electrons. The normalized spacial score (nSPS) is 10.0. The molecule has 0 saturated heterocycles. The molecule has 0 aromatic heterocycles. The van der Waals surface area contributed by atoms with Gasteiger partial charge >= 0.3 is 73.5 Å². The zero-order valence-electron chi connectivity index (χ0n) is 9.92. The van der Waals surface area contributed by atoms with Crippen LogP contribution in [-0.4, -0.2) is 42.3 Å². The first-order chi connectivity index (χ1) is 4.74. The summed E-state index contributed by atoms with van der Waals surface area (Å²) in [6.07, 6.45) is 0. The maximum atomic E-state index is 5.18. The molecule has 0 spiro atoms. The maximum absolute atomic E-state index is 5.18. The van der Waals surface area contributed by atoms with Gasteiger partial charge in [0.15, 0.2) is 0 Å². The van der Waals surface area contributed by atoms with Crippen LogP contribution in [0.15, 0.2) is 0 Å². The van der Waals surface area contributed by atoms with E-state index in [0.717, 1.165) is 0 Å². The molecule has 0 aromatic carbocycles. The Balaban J connectivity index is -0.000000135. The minimum absolute atomic E-state index is 0. The van der Waals surface area contributed by atoms with Crippen molar-refractivity contribution in [1.29, 1.82) is 0 Å². The van der Waals surface area contributed by atoms with Gasteiger partial charge in [0.2, 0.25) is 0 Å². The molecule has 0 amide bonds. The molecular weight excluding hydrogens is 197 g/mol. The Morgan fingerprint density at radius 1 is 1.00 bits per heavy atom. The minimum atomic E-state index is -3.00. The first kappa shape index (κ1) is 19.9. The molecule has 0 aliphatic rings. The topological polar surface area (TPSA) is 36.9 Å². The van der Waals surface area contributed by atoms with Crippen LogP contribution in [0, 0.1) is 0 Å². The molecule has 0 unspecified atom stereocenters. The molecule has 0 rings (SSSR count). The van der Waals surface area contributed by atoms with E-state index in [1.54, 1.807) is 0 Å². The molecule has 0 bridgehead atoms. The molecule has 0 aromatic rings. The minimum Gasteiger partial charge on any atom is -1.00 e. The summed E-state index contributed by atoms with van der Waals surface area (Å²) in [5.41, 5.74) is 0. The van der Waals surface area contributed by atoms with Crippen molar-refractivity contribution in [1.82, 2.24) is 0 Å². The molecule has 0 fully saturated rings. The van der Waals surface area contributed by atoms with E-state index >= 15 is 0 Å². The van der Waals surface area contributed by atoms with Crippen molar-refractivity contribution in [3.63, 3.8) is 0 Å². The number of hydrogen-bond donors (Lipinski definition) is 0. The van der Waals surface area contributed by atoms with Crippen molar-refractivity contribution in [3.05, 3.63) is 0 Å². The average molecular weight is 212 g/mol. The monoisotopic (exact) mass is 212 g/mol. The molecule has 0 radical (unpaired) electrons. The fourth-order valence-electron chi connectivity index (χ4n) is 0.697. The Morgan fingerprint density at radius 2 is 1.33 bits per heavy atom. The molecule has 0 aliphatic carbocycles. The van der Waals surface area contributed by atoms with Gasteiger partial charge in [-0.2, -0.15) is 0 Å². The van der Waals surface area contributed by atoms with Crippen molar-refractivity contribution >= 4 is 14.4 Å². The first-order valence-electron chi connectivity index (χ1n) is 3.16. The van der Waals surface area contributed by atoms with Crippen LogP contribution in [-0.2, 0) is 15.2 Å². The van der Waals surface area contributed by atoms with Gasteiger partial charge in [-0.3, -0.25) is 0 Å². The Labute approximate surface area is 123 Å². The summed E-state index contributed by atoms with van der Waals surface area (Å²) in [5, 5.41) is 0. The van der Waals surface area contributed by atoms with E-state index in [4.69, 9.17) is 15.2 Å². The second kappa shape index (κ2) is 11.4. The van der Waals surface area contributed by atoms with E-state index < -0.39 is 14.4 Å². The van der Waals surface area contributed by atoms with Gasteiger partial charge in [0.25, 0.3) is 0 Å². The summed E-state index contributed by atoms with van der Waals surface area (Å²) in [6, 6.07) is 0. The second-order valence-electron chi connectivity index (χ2n) is 1.74. The SMILES string of the molecule is CC[O][Al-]([O]C)([O]C)[O]C.[H-].[Na+].[Na+]. The molecule has 0 atom stereocenters. The average Bonchev–Trinajstić information content (AvgIpc) is 2.01.